The normalized spacial score (nSPS) is 22.6. The van der Waals surface area contributed by atoms with Crippen LogP contribution in [0.4, 0.5) is 0 Å². The van der Waals surface area contributed by atoms with Crippen LogP contribution in [-0.4, -0.2) is 49.8 Å². The molecule has 6 heteroatoms. The Bertz CT molecular complexity index is 232. The van der Waals surface area contributed by atoms with Gasteiger partial charge in [0.25, 0.3) is 0 Å². The molecule has 18 heavy (non-hydrogen) atoms. The Morgan fingerprint density at radius 3 is 2.89 bits per heavy atom. The average molecular weight is 297 g/mol. The third-order valence-electron chi connectivity index (χ3n) is 2.95. The second-order valence-electron chi connectivity index (χ2n) is 4.27. The van der Waals surface area contributed by atoms with Crippen LogP contribution in [0.5, 0.6) is 0 Å². The molecule has 1 saturated carbocycles. The number of rotatable bonds is 8. The zero-order valence-corrected chi connectivity index (χ0v) is 12.9. The van der Waals surface area contributed by atoms with Crippen LogP contribution >= 0.6 is 24.2 Å². The van der Waals surface area contributed by atoms with Gasteiger partial charge in [0.15, 0.2) is 0 Å². The van der Waals surface area contributed by atoms with E-state index in [1.54, 1.807) is 7.11 Å². The predicted octanol–water partition coefficient (Wildman–Crippen LogP) is 1.43. The van der Waals surface area contributed by atoms with Crippen LogP contribution < -0.4 is 10.6 Å². The monoisotopic (exact) mass is 296 g/mol. The molecule has 4 nitrogen and oxygen atoms in total. The summed E-state index contributed by atoms with van der Waals surface area (Å²) in [5, 5.41) is 6.80. The smallest absolute Gasteiger partial charge is 0.234 e. The molecule has 0 radical (unpaired) electrons. The first-order valence-electron chi connectivity index (χ1n) is 6.38. The van der Waals surface area contributed by atoms with E-state index in [4.69, 9.17) is 4.74 Å². The fourth-order valence-corrected chi connectivity index (χ4v) is 3.34. The van der Waals surface area contributed by atoms with Crippen LogP contribution in [0.2, 0.25) is 0 Å². The van der Waals surface area contributed by atoms with Gasteiger partial charge in [-0.1, -0.05) is 13.3 Å². The minimum absolute atomic E-state index is 0. The van der Waals surface area contributed by atoms with E-state index in [-0.39, 0.29) is 18.3 Å². The Morgan fingerprint density at radius 2 is 2.22 bits per heavy atom. The van der Waals surface area contributed by atoms with E-state index in [2.05, 4.69) is 17.6 Å². The lowest BCUT2D eigenvalue weighted by Crippen LogP contribution is -2.43. The van der Waals surface area contributed by atoms with Gasteiger partial charge in [-0.2, -0.15) is 11.8 Å². The Labute approximate surface area is 120 Å². The number of methoxy groups -OCH3 is 1. The molecule has 0 aromatic heterocycles. The minimum Gasteiger partial charge on any atom is -0.383 e. The summed E-state index contributed by atoms with van der Waals surface area (Å²) in [6, 6.07) is 0.372. The fourth-order valence-electron chi connectivity index (χ4n) is 2.14. The van der Waals surface area contributed by atoms with Crippen molar-refractivity contribution in [1.82, 2.24) is 10.6 Å². The van der Waals surface area contributed by atoms with Gasteiger partial charge in [-0.3, -0.25) is 4.79 Å². The maximum Gasteiger partial charge on any atom is 0.234 e. The summed E-state index contributed by atoms with van der Waals surface area (Å²) in [6.45, 7) is 3.93. The summed E-state index contributed by atoms with van der Waals surface area (Å²) in [5.41, 5.74) is 0. The number of nitrogens with one attached hydrogen (secondary N) is 2. The fraction of sp³-hybridized carbons (Fsp3) is 0.917. The minimum atomic E-state index is 0. The average Bonchev–Trinajstić information content (AvgIpc) is 2.73. The lowest BCUT2D eigenvalue weighted by Gasteiger charge is -2.20. The van der Waals surface area contributed by atoms with Crippen molar-refractivity contribution in [1.29, 1.82) is 0 Å². The van der Waals surface area contributed by atoms with Crippen molar-refractivity contribution in [2.75, 3.05) is 32.6 Å². The van der Waals surface area contributed by atoms with E-state index in [0.29, 0.717) is 24.4 Å². The molecule has 0 aromatic rings. The molecular formula is C12H25ClN2O2S. The number of carbonyl (C=O) groups is 1. The van der Waals surface area contributed by atoms with Crippen molar-refractivity contribution < 1.29 is 9.53 Å². The van der Waals surface area contributed by atoms with Crippen molar-refractivity contribution >= 4 is 30.1 Å². The molecule has 1 aliphatic carbocycles. The maximum absolute atomic E-state index is 11.7. The van der Waals surface area contributed by atoms with Crippen LogP contribution in [0.3, 0.4) is 0 Å². The lowest BCUT2D eigenvalue weighted by atomic mass is 10.2. The van der Waals surface area contributed by atoms with Crippen molar-refractivity contribution in [3.05, 3.63) is 0 Å². The zero-order valence-electron chi connectivity index (χ0n) is 11.2. The summed E-state index contributed by atoms with van der Waals surface area (Å²) in [5.74, 6) is 1.23. The highest BCUT2D eigenvalue weighted by Gasteiger charge is 2.27. The Hall–Kier alpha value is 0.0300. The molecule has 2 N–H and O–H groups in total. The van der Waals surface area contributed by atoms with Crippen LogP contribution in [0, 0.1) is 0 Å². The van der Waals surface area contributed by atoms with E-state index in [9.17, 15) is 4.79 Å². The summed E-state index contributed by atoms with van der Waals surface area (Å²) in [4.78, 5) is 11.7. The third kappa shape index (κ3) is 6.83. The Kier molecular flexibility index (Phi) is 10.9. The van der Waals surface area contributed by atoms with E-state index in [0.717, 1.165) is 18.7 Å². The Balaban J connectivity index is 0.00000289. The van der Waals surface area contributed by atoms with Crippen LogP contribution in [0.1, 0.15) is 26.2 Å². The van der Waals surface area contributed by atoms with Gasteiger partial charge in [0.2, 0.25) is 5.91 Å². The zero-order chi connectivity index (χ0) is 12.5. The highest BCUT2D eigenvalue weighted by molar-refractivity contribution is 7.99. The van der Waals surface area contributed by atoms with E-state index in [1.165, 1.54) is 12.8 Å². The van der Waals surface area contributed by atoms with Gasteiger partial charge in [0.1, 0.15) is 0 Å². The quantitative estimate of drug-likeness (QED) is 0.666. The number of thioether (sulfide) groups is 1. The van der Waals surface area contributed by atoms with Crippen LogP contribution in [0.25, 0.3) is 0 Å². The van der Waals surface area contributed by atoms with E-state index in [1.807, 2.05) is 11.8 Å². The number of hydrogen-bond acceptors (Lipinski definition) is 4. The summed E-state index contributed by atoms with van der Waals surface area (Å²) >= 11 is 1.97. The topological polar surface area (TPSA) is 50.4 Å². The number of halogens is 1. The largest absolute Gasteiger partial charge is 0.383 e. The first-order chi connectivity index (χ1) is 8.27. The first-order valence-corrected chi connectivity index (χ1v) is 7.43. The van der Waals surface area contributed by atoms with Crippen molar-refractivity contribution in [3.8, 4) is 0 Å². The molecule has 2 unspecified atom stereocenters. The highest BCUT2D eigenvalue weighted by Crippen LogP contribution is 2.29. The number of amides is 1. The van der Waals surface area contributed by atoms with Gasteiger partial charge in [-0.25, -0.2) is 0 Å². The van der Waals surface area contributed by atoms with Crippen LogP contribution in [0.15, 0.2) is 0 Å². The highest BCUT2D eigenvalue weighted by atomic mass is 35.5. The second-order valence-corrected chi connectivity index (χ2v) is 5.78. The van der Waals surface area contributed by atoms with Crippen molar-refractivity contribution in [3.63, 3.8) is 0 Å². The third-order valence-corrected chi connectivity index (χ3v) is 4.27. The standard InChI is InChI=1S/C12H24N2O2S.ClH/c1-3-17-11-6-4-5-10(11)14-12(15)9-13-7-8-16-2;/h10-11,13H,3-9H2,1-2H3,(H,14,15);1H. The van der Waals surface area contributed by atoms with Crippen molar-refractivity contribution in [2.45, 2.75) is 37.5 Å². The Morgan fingerprint density at radius 1 is 1.44 bits per heavy atom. The van der Waals surface area contributed by atoms with Gasteiger partial charge in [0, 0.05) is 24.9 Å². The van der Waals surface area contributed by atoms with Gasteiger partial charge in [0.05, 0.1) is 13.2 Å². The van der Waals surface area contributed by atoms with Gasteiger partial charge < -0.3 is 15.4 Å². The molecule has 0 spiro atoms. The molecule has 1 fully saturated rings. The van der Waals surface area contributed by atoms with Crippen molar-refractivity contribution in [2.24, 2.45) is 0 Å². The van der Waals surface area contributed by atoms with E-state index < -0.39 is 0 Å². The molecule has 108 valence electrons. The number of ether oxygens (including phenoxy) is 1. The molecule has 2 atom stereocenters. The second kappa shape index (κ2) is 10.9. The first kappa shape index (κ1) is 18.0. The molecule has 0 heterocycles. The van der Waals surface area contributed by atoms with Gasteiger partial charge in [-0.05, 0) is 18.6 Å². The molecule has 0 aromatic carbocycles. The molecule has 0 bridgehead atoms. The van der Waals surface area contributed by atoms with Gasteiger partial charge >= 0.3 is 0 Å². The molecule has 1 aliphatic rings. The summed E-state index contributed by atoms with van der Waals surface area (Å²) < 4.78 is 4.91. The molecule has 0 saturated heterocycles. The molecular weight excluding hydrogens is 272 g/mol. The predicted molar refractivity (Wildman–Crippen MR) is 79.7 cm³/mol. The molecule has 1 amide bonds. The number of hydrogen-bond donors (Lipinski definition) is 2. The van der Waals surface area contributed by atoms with E-state index >= 15 is 0 Å². The molecule has 0 aliphatic heterocycles. The SMILES string of the molecule is CCSC1CCCC1NC(=O)CNCCOC.Cl. The summed E-state index contributed by atoms with van der Waals surface area (Å²) in [6.07, 6.45) is 3.60. The maximum atomic E-state index is 11.7. The van der Waals surface area contributed by atoms with Crippen LogP contribution in [-0.2, 0) is 9.53 Å². The summed E-state index contributed by atoms with van der Waals surface area (Å²) in [7, 11) is 1.66. The molecule has 1 rings (SSSR count). The number of carbonyl (C=O) groups excluding carboxylic acids is 1. The lowest BCUT2D eigenvalue weighted by molar-refractivity contribution is -0.120. The van der Waals surface area contributed by atoms with Gasteiger partial charge in [-0.15, -0.1) is 12.4 Å².